The molecule has 1 aromatic carbocycles. The van der Waals surface area contributed by atoms with Crippen LogP contribution in [-0.4, -0.2) is 10.1 Å². The van der Waals surface area contributed by atoms with Crippen LogP contribution in [0.25, 0.3) is 0 Å². The zero-order valence-corrected chi connectivity index (χ0v) is 11.4. The second-order valence-electron chi connectivity index (χ2n) is 3.98. The minimum absolute atomic E-state index is 0.216. The zero-order chi connectivity index (χ0) is 13.1. The SMILES string of the molecule is CC[C@@H](N)c1nc(Cc2ccc(Cl)cc2Cl)no1. The van der Waals surface area contributed by atoms with Crippen molar-refractivity contribution in [2.75, 3.05) is 0 Å². The Bertz CT molecular complexity index is 542. The fourth-order valence-electron chi connectivity index (χ4n) is 1.50. The van der Waals surface area contributed by atoms with Crippen LogP contribution in [0.2, 0.25) is 10.0 Å². The summed E-state index contributed by atoms with van der Waals surface area (Å²) in [5.74, 6) is 1.02. The van der Waals surface area contributed by atoms with E-state index in [9.17, 15) is 0 Å². The average molecular weight is 286 g/mol. The van der Waals surface area contributed by atoms with Crippen molar-refractivity contribution in [2.45, 2.75) is 25.8 Å². The van der Waals surface area contributed by atoms with E-state index < -0.39 is 0 Å². The van der Waals surface area contributed by atoms with Crippen molar-refractivity contribution in [1.82, 2.24) is 10.1 Å². The molecule has 2 N–H and O–H groups in total. The van der Waals surface area contributed by atoms with Crippen LogP contribution in [0.3, 0.4) is 0 Å². The molecule has 0 radical (unpaired) electrons. The summed E-state index contributed by atoms with van der Waals surface area (Å²) < 4.78 is 5.10. The van der Waals surface area contributed by atoms with E-state index in [0.29, 0.717) is 28.2 Å². The van der Waals surface area contributed by atoms with Crippen LogP contribution in [0.4, 0.5) is 0 Å². The first-order valence-electron chi connectivity index (χ1n) is 5.62. The van der Waals surface area contributed by atoms with Gasteiger partial charge in [0, 0.05) is 16.5 Å². The molecule has 1 heterocycles. The normalized spacial score (nSPS) is 12.7. The van der Waals surface area contributed by atoms with Gasteiger partial charge in [0.05, 0.1) is 6.04 Å². The van der Waals surface area contributed by atoms with Gasteiger partial charge >= 0.3 is 0 Å². The molecule has 96 valence electrons. The van der Waals surface area contributed by atoms with Crippen molar-refractivity contribution < 1.29 is 4.52 Å². The molecule has 2 rings (SSSR count). The van der Waals surface area contributed by atoms with Crippen LogP contribution < -0.4 is 5.73 Å². The van der Waals surface area contributed by atoms with Crippen molar-refractivity contribution in [2.24, 2.45) is 5.73 Å². The van der Waals surface area contributed by atoms with Gasteiger partial charge in [-0.15, -0.1) is 0 Å². The van der Waals surface area contributed by atoms with Gasteiger partial charge in [0.1, 0.15) is 0 Å². The summed E-state index contributed by atoms with van der Waals surface area (Å²) in [5.41, 5.74) is 6.71. The molecule has 0 aliphatic carbocycles. The van der Waals surface area contributed by atoms with Crippen molar-refractivity contribution in [3.05, 3.63) is 45.5 Å². The number of hydrogen-bond donors (Lipinski definition) is 1. The third-order valence-corrected chi connectivity index (χ3v) is 3.19. The van der Waals surface area contributed by atoms with Crippen LogP contribution in [0.1, 0.15) is 36.7 Å². The van der Waals surface area contributed by atoms with Gasteiger partial charge in [-0.25, -0.2) is 0 Å². The monoisotopic (exact) mass is 285 g/mol. The smallest absolute Gasteiger partial charge is 0.243 e. The zero-order valence-electron chi connectivity index (χ0n) is 9.86. The van der Waals surface area contributed by atoms with Crippen LogP contribution in [0.15, 0.2) is 22.7 Å². The maximum absolute atomic E-state index is 6.08. The minimum atomic E-state index is -0.216. The van der Waals surface area contributed by atoms with Crippen LogP contribution in [0, 0.1) is 0 Å². The molecule has 0 aliphatic rings. The van der Waals surface area contributed by atoms with E-state index in [0.717, 1.165) is 12.0 Å². The molecule has 6 heteroatoms. The van der Waals surface area contributed by atoms with Gasteiger partial charge in [0.25, 0.3) is 0 Å². The van der Waals surface area contributed by atoms with E-state index in [1.807, 2.05) is 13.0 Å². The second-order valence-corrected chi connectivity index (χ2v) is 4.82. The first-order valence-corrected chi connectivity index (χ1v) is 6.37. The summed E-state index contributed by atoms with van der Waals surface area (Å²) >= 11 is 11.9. The summed E-state index contributed by atoms with van der Waals surface area (Å²) in [5, 5.41) is 5.08. The molecule has 0 unspecified atom stereocenters. The topological polar surface area (TPSA) is 64.9 Å². The second kappa shape index (κ2) is 5.69. The Morgan fingerprint density at radius 3 is 2.83 bits per heavy atom. The number of aromatic nitrogens is 2. The van der Waals surface area contributed by atoms with E-state index in [1.165, 1.54) is 0 Å². The summed E-state index contributed by atoms with van der Waals surface area (Å²) in [4.78, 5) is 4.25. The Morgan fingerprint density at radius 1 is 1.39 bits per heavy atom. The number of benzene rings is 1. The Labute approximate surface area is 115 Å². The molecule has 2 aromatic rings. The van der Waals surface area contributed by atoms with Crippen molar-refractivity contribution in [1.29, 1.82) is 0 Å². The van der Waals surface area contributed by atoms with E-state index in [2.05, 4.69) is 10.1 Å². The Kier molecular flexibility index (Phi) is 4.22. The Balaban J connectivity index is 2.16. The molecule has 4 nitrogen and oxygen atoms in total. The first kappa shape index (κ1) is 13.3. The van der Waals surface area contributed by atoms with Crippen LogP contribution >= 0.6 is 23.2 Å². The van der Waals surface area contributed by atoms with E-state index in [-0.39, 0.29) is 6.04 Å². The van der Waals surface area contributed by atoms with Gasteiger partial charge < -0.3 is 10.3 Å². The summed E-state index contributed by atoms with van der Waals surface area (Å²) in [7, 11) is 0. The average Bonchev–Trinajstić information content (AvgIpc) is 2.80. The molecular weight excluding hydrogens is 273 g/mol. The van der Waals surface area contributed by atoms with Crippen LogP contribution in [0.5, 0.6) is 0 Å². The van der Waals surface area contributed by atoms with E-state index in [4.69, 9.17) is 33.5 Å². The van der Waals surface area contributed by atoms with Crippen molar-refractivity contribution >= 4 is 23.2 Å². The van der Waals surface area contributed by atoms with Crippen molar-refractivity contribution in [3.8, 4) is 0 Å². The lowest BCUT2D eigenvalue weighted by atomic mass is 10.1. The lowest BCUT2D eigenvalue weighted by molar-refractivity contribution is 0.348. The van der Waals surface area contributed by atoms with Gasteiger partial charge in [-0.1, -0.05) is 41.3 Å². The molecule has 0 amide bonds. The van der Waals surface area contributed by atoms with Crippen molar-refractivity contribution in [3.63, 3.8) is 0 Å². The largest absolute Gasteiger partial charge is 0.338 e. The molecular formula is C12H13Cl2N3O. The fraction of sp³-hybridized carbons (Fsp3) is 0.333. The maximum atomic E-state index is 6.08. The van der Waals surface area contributed by atoms with Gasteiger partial charge in [0.2, 0.25) is 5.89 Å². The quantitative estimate of drug-likeness (QED) is 0.935. The molecule has 1 aromatic heterocycles. The highest BCUT2D eigenvalue weighted by molar-refractivity contribution is 6.35. The Morgan fingerprint density at radius 2 is 2.17 bits per heavy atom. The Hall–Kier alpha value is -1.10. The third-order valence-electron chi connectivity index (χ3n) is 2.60. The van der Waals surface area contributed by atoms with E-state index >= 15 is 0 Å². The summed E-state index contributed by atoms with van der Waals surface area (Å²) in [6.07, 6.45) is 1.25. The fourth-order valence-corrected chi connectivity index (χ4v) is 1.98. The summed E-state index contributed by atoms with van der Waals surface area (Å²) in [6, 6.07) is 5.10. The number of nitrogens with zero attached hydrogens (tertiary/aromatic N) is 2. The maximum Gasteiger partial charge on any atom is 0.243 e. The highest BCUT2D eigenvalue weighted by Gasteiger charge is 2.14. The molecule has 1 atom stereocenters. The number of nitrogens with two attached hydrogens (primary N) is 1. The molecule has 0 aliphatic heterocycles. The van der Waals surface area contributed by atoms with Crippen LogP contribution in [-0.2, 0) is 6.42 Å². The summed E-state index contributed by atoms with van der Waals surface area (Å²) in [6.45, 7) is 1.96. The number of halogens is 2. The molecule has 18 heavy (non-hydrogen) atoms. The number of rotatable bonds is 4. The lowest BCUT2D eigenvalue weighted by Crippen LogP contribution is -2.08. The molecule has 0 bridgehead atoms. The number of hydrogen-bond acceptors (Lipinski definition) is 4. The first-order chi connectivity index (χ1) is 8.60. The minimum Gasteiger partial charge on any atom is -0.338 e. The highest BCUT2D eigenvalue weighted by Crippen LogP contribution is 2.23. The predicted molar refractivity (Wildman–Crippen MR) is 70.8 cm³/mol. The molecule has 0 fully saturated rings. The van der Waals surface area contributed by atoms with E-state index in [1.54, 1.807) is 12.1 Å². The van der Waals surface area contributed by atoms with Gasteiger partial charge in [0.15, 0.2) is 5.82 Å². The van der Waals surface area contributed by atoms with Gasteiger partial charge in [-0.3, -0.25) is 0 Å². The van der Waals surface area contributed by atoms with Gasteiger partial charge in [-0.05, 0) is 24.1 Å². The molecule has 0 saturated carbocycles. The van der Waals surface area contributed by atoms with Gasteiger partial charge in [-0.2, -0.15) is 4.98 Å². The lowest BCUT2D eigenvalue weighted by Gasteiger charge is -2.01. The molecule has 0 saturated heterocycles. The molecule has 0 spiro atoms. The predicted octanol–water partition coefficient (Wildman–Crippen LogP) is 3.38. The standard InChI is InChI=1S/C12H13Cl2N3O/c1-2-10(15)12-16-11(17-18-12)5-7-3-4-8(13)6-9(7)14/h3-4,6,10H,2,5,15H2,1H3/t10-/m1/s1. The highest BCUT2D eigenvalue weighted by atomic mass is 35.5. The third kappa shape index (κ3) is 3.02.